The van der Waals surface area contributed by atoms with Gasteiger partial charge in [0.15, 0.2) is 0 Å². The highest BCUT2D eigenvalue weighted by molar-refractivity contribution is 4.86. The van der Waals surface area contributed by atoms with Gasteiger partial charge in [0.05, 0.1) is 5.92 Å². The highest BCUT2D eigenvalue weighted by Gasteiger charge is 2.42. The van der Waals surface area contributed by atoms with Gasteiger partial charge in [0.25, 0.3) is 0 Å². The number of rotatable bonds is 5. The first-order chi connectivity index (χ1) is 8.49. The Balaban J connectivity index is 2.38. The minimum Gasteiger partial charge on any atom is -0.271 e. The van der Waals surface area contributed by atoms with Crippen LogP contribution in [0.2, 0.25) is 0 Å². The van der Waals surface area contributed by atoms with Crippen LogP contribution in [0.4, 0.5) is 13.2 Å². The summed E-state index contributed by atoms with van der Waals surface area (Å²) in [6, 6.07) is 0.0903. The summed E-state index contributed by atoms with van der Waals surface area (Å²) in [5.74, 6) is 7.16. The van der Waals surface area contributed by atoms with E-state index in [0.717, 1.165) is 12.8 Å². The van der Waals surface area contributed by atoms with E-state index in [1.807, 2.05) is 0 Å². The van der Waals surface area contributed by atoms with E-state index >= 15 is 0 Å². The molecule has 1 unspecified atom stereocenters. The first-order valence-corrected chi connectivity index (χ1v) is 6.45. The molecule has 1 atom stereocenters. The Labute approximate surface area is 106 Å². The van der Waals surface area contributed by atoms with Crippen molar-refractivity contribution in [3.05, 3.63) is 0 Å². The molecule has 1 fully saturated rings. The molecule has 0 aliphatic heterocycles. The average molecular weight is 262 g/mol. The van der Waals surface area contributed by atoms with E-state index in [9.17, 15) is 13.2 Å². The molecule has 0 amide bonds. The molecule has 1 saturated carbocycles. The number of hydrogen-bond donors (Lipinski definition) is 2. The largest absolute Gasteiger partial charge is 0.391 e. The van der Waals surface area contributed by atoms with Crippen molar-refractivity contribution in [3.8, 4) is 12.3 Å². The Hall–Kier alpha value is -0.730. The van der Waals surface area contributed by atoms with E-state index in [2.05, 4.69) is 11.3 Å². The molecule has 0 aromatic rings. The summed E-state index contributed by atoms with van der Waals surface area (Å²) in [4.78, 5) is 0. The Morgan fingerprint density at radius 1 is 1.28 bits per heavy atom. The third-order valence-electron chi connectivity index (χ3n) is 3.85. The van der Waals surface area contributed by atoms with Gasteiger partial charge >= 0.3 is 6.18 Å². The molecule has 0 aromatic heterocycles. The fourth-order valence-corrected chi connectivity index (χ4v) is 2.73. The van der Waals surface area contributed by atoms with Gasteiger partial charge in [-0.05, 0) is 44.4 Å². The zero-order valence-corrected chi connectivity index (χ0v) is 10.5. The molecule has 1 rings (SSSR count). The van der Waals surface area contributed by atoms with Crippen LogP contribution in [0.3, 0.4) is 0 Å². The number of hydrazine groups is 1. The fraction of sp³-hybridized carbons (Fsp3) is 0.846. The quantitative estimate of drug-likeness (QED) is 0.346. The molecule has 1 aliphatic rings. The van der Waals surface area contributed by atoms with Crippen LogP contribution in [0.25, 0.3) is 0 Å². The normalized spacial score (nSPS) is 26.6. The van der Waals surface area contributed by atoms with Gasteiger partial charge in [-0.3, -0.25) is 11.3 Å². The molecule has 5 heteroatoms. The van der Waals surface area contributed by atoms with Crippen molar-refractivity contribution in [2.24, 2.45) is 17.7 Å². The Morgan fingerprint density at radius 2 is 1.89 bits per heavy atom. The lowest BCUT2D eigenvalue weighted by Gasteiger charge is -2.34. The fourth-order valence-electron chi connectivity index (χ4n) is 2.73. The molecule has 0 aromatic carbocycles. The molecular formula is C13H21F3N2. The van der Waals surface area contributed by atoms with Gasteiger partial charge in [0.1, 0.15) is 0 Å². The number of hydrogen-bond acceptors (Lipinski definition) is 2. The van der Waals surface area contributed by atoms with Crippen molar-refractivity contribution in [3.63, 3.8) is 0 Å². The number of nitrogens with one attached hydrogen (secondary N) is 1. The molecule has 0 radical (unpaired) electrons. The molecule has 3 N–H and O–H groups in total. The standard InChI is InChI=1S/C13H21F3N2/c1-2-3-4-5-12(18-17)10-6-8-11(9-7-10)13(14,15)16/h1,10-12,18H,3-9,17H2. The predicted molar refractivity (Wildman–Crippen MR) is 65.3 cm³/mol. The highest BCUT2D eigenvalue weighted by atomic mass is 19.4. The minimum absolute atomic E-state index is 0.0903. The van der Waals surface area contributed by atoms with Crippen LogP contribution >= 0.6 is 0 Å². The van der Waals surface area contributed by atoms with Crippen molar-refractivity contribution in [2.45, 2.75) is 57.2 Å². The molecule has 104 valence electrons. The predicted octanol–water partition coefficient (Wildman–Crippen LogP) is 2.99. The number of unbranched alkanes of at least 4 members (excludes halogenated alkanes) is 1. The molecule has 0 bridgehead atoms. The van der Waals surface area contributed by atoms with E-state index in [1.54, 1.807) is 0 Å². The monoisotopic (exact) mass is 262 g/mol. The van der Waals surface area contributed by atoms with Gasteiger partial charge in [-0.2, -0.15) is 13.2 Å². The van der Waals surface area contributed by atoms with Crippen LogP contribution in [0.1, 0.15) is 44.9 Å². The molecule has 0 saturated heterocycles. The van der Waals surface area contributed by atoms with Crippen LogP contribution < -0.4 is 11.3 Å². The number of terminal acetylenes is 1. The maximum atomic E-state index is 12.5. The van der Waals surface area contributed by atoms with Gasteiger partial charge in [-0.1, -0.05) is 0 Å². The molecule has 2 nitrogen and oxygen atoms in total. The van der Waals surface area contributed by atoms with E-state index in [0.29, 0.717) is 19.3 Å². The van der Waals surface area contributed by atoms with Crippen LogP contribution in [-0.2, 0) is 0 Å². The zero-order chi connectivity index (χ0) is 13.6. The van der Waals surface area contributed by atoms with Crippen LogP contribution in [0, 0.1) is 24.2 Å². The van der Waals surface area contributed by atoms with Crippen LogP contribution in [-0.4, -0.2) is 12.2 Å². The van der Waals surface area contributed by atoms with Crippen LogP contribution in [0.5, 0.6) is 0 Å². The summed E-state index contributed by atoms with van der Waals surface area (Å²) in [5.41, 5.74) is 2.73. The Bertz CT molecular complexity index is 275. The summed E-state index contributed by atoms with van der Waals surface area (Å²) in [7, 11) is 0. The lowest BCUT2D eigenvalue weighted by Crippen LogP contribution is -2.43. The number of alkyl halides is 3. The number of halogens is 3. The molecule has 0 spiro atoms. The van der Waals surface area contributed by atoms with Gasteiger partial charge < -0.3 is 0 Å². The van der Waals surface area contributed by atoms with Crippen molar-refractivity contribution in [2.75, 3.05) is 0 Å². The van der Waals surface area contributed by atoms with Crippen molar-refractivity contribution in [1.29, 1.82) is 0 Å². The van der Waals surface area contributed by atoms with E-state index in [4.69, 9.17) is 12.3 Å². The molecule has 1 aliphatic carbocycles. The molecule has 0 heterocycles. The van der Waals surface area contributed by atoms with Crippen molar-refractivity contribution in [1.82, 2.24) is 5.43 Å². The van der Waals surface area contributed by atoms with Crippen molar-refractivity contribution < 1.29 is 13.2 Å². The van der Waals surface area contributed by atoms with E-state index < -0.39 is 12.1 Å². The van der Waals surface area contributed by atoms with Gasteiger partial charge in [0.2, 0.25) is 0 Å². The van der Waals surface area contributed by atoms with Gasteiger partial charge in [-0.15, -0.1) is 12.3 Å². The molecule has 18 heavy (non-hydrogen) atoms. The maximum Gasteiger partial charge on any atom is 0.391 e. The first-order valence-electron chi connectivity index (χ1n) is 6.45. The summed E-state index contributed by atoms with van der Waals surface area (Å²) in [6.07, 6.45) is 5.16. The minimum atomic E-state index is -4.04. The second-order valence-electron chi connectivity index (χ2n) is 5.02. The number of nitrogens with two attached hydrogens (primary N) is 1. The Kier molecular flexibility index (Phi) is 5.97. The lowest BCUT2D eigenvalue weighted by atomic mass is 9.77. The smallest absolute Gasteiger partial charge is 0.271 e. The SMILES string of the molecule is C#CCCCC(NN)C1CCC(C(F)(F)F)CC1. The van der Waals surface area contributed by atoms with Gasteiger partial charge in [-0.25, -0.2) is 0 Å². The van der Waals surface area contributed by atoms with E-state index in [-0.39, 0.29) is 24.8 Å². The Morgan fingerprint density at radius 3 is 2.33 bits per heavy atom. The molecular weight excluding hydrogens is 241 g/mol. The average Bonchev–Trinajstić information content (AvgIpc) is 2.34. The van der Waals surface area contributed by atoms with Crippen molar-refractivity contribution >= 4 is 0 Å². The summed E-state index contributed by atoms with van der Waals surface area (Å²) < 4.78 is 37.6. The van der Waals surface area contributed by atoms with Gasteiger partial charge in [0, 0.05) is 12.5 Å². The third-order valence-corrected chi connectivity index (χ3v) is 3.85. The highest BCUT2D eigenvalue weighted by Crippen LogP contribution is 2.40. The second-order valence-corrected chi connectivity index (χ2v) is 5.02. The second kappa shape index (κ2) is 7.01. The first kappa shape index (κ1) is 15.3. The lowest BCUT2D eigenvalue weighted by molar-refractivity contribution is -0.184. The summed E-state index contributed by atoms with van der Waals surface area (Å²) in [6.45, 7) is 0. The summed E-state index contributed by atoms with van der Waals surface area (Å²) in [5, 5.41) is 0. The topological polar surface area (TPSA) is 38.0 Å². The zero-order valence-electron chi connectivity index (χ0n) is 10.5. The van der Waals surface area contributed by atoms with Crippen LogP contribution in [0.15, 0.2) is 0 Å². The van der Waals surface area contributed by atoms with E-state index in [1.165, 1.54) is 0 Å². The summed E-state index contributed by atoms with van der Waals surface area (Å²) >= 11 is 0. The third kappa shape index (κ3) is 4.51. The maximum absolute atomic E-state index is 12.5.